The van der Waals surface area contributed by atoms with Gasteiger partial charge in [-0.2, -0.15) is 5.26 Å². The molecule has 8 heteroatoms. The number of nitrogens with zero attached hydrogens (tertiary/aromatic N) is 4. The third-order valence-electron chi connectivity index (χ3n) is 7.28. The fraction of sp³-hybridized carbons (Fsp3) is 0.233. The Morgan fingerprint density at radius 1 is 1.08 bits per heavy atom. The van der Waals surface area contributed by atoms with Gasteiger partial charge in [-0.15, -0.1) is 0 Å². The second kappa shape index (κ2) is 9.67. The second-order valence-electron chi connectivity index (χ2n) is 9.59. The van der Waals surface area contributed by atoms with Gasteiger partial charge in [0.25, 0.3) is 0 Å². The Balaban J connectivity index is 1.77. The number of aryl methyl sites for hydroxylation is 3. The molecule has 38 heavy (non-hydrogen) atoms. The van der Waals surface area contributed by atoms with Crippen LogP contribution in [-0.2, 0) is 24.8 Å². The number of fused-ring (bicyclic) bond motifs is 2. The van der Waals surface area contributed by atoms with Crippen LogP contribution in [0.1, 0.15) is 47.2 Å². The van der Waals surface area contributed by atoms with Crippen molar-refractivity contribution < 1.29 is 14.3 Å². The highest BCUT2D eigenvalue weighted by atomic mass is 19.1. The first-order chi connectivity index (χ1) is 18.2. The summed E-state index contributed by atoms with van der Waals surface area (Å²) >= 11 is 0. The zero-order chi connectivity index (χ0) is 27.1. The van der Waals surface area contributed by atoms with Crippen LogP contribution >= 0.6 is 0 Å². The maximum Gasteiger partial charge on any atom is 0.330 e. The Kier molecular flexibility index (Phi) is 6.37. The minimum atomic E-state index is -1.10. The molecule has 0 aliphatic rings. The van der Waals surface area contributed by atoms with E-state index in [1.165, 1.54) is 40.0 Å². The van der Waals surface area contributed by atoms with Crippen LogP contribution in [0.2, 0.25) is 0 Å². The average Bonchev–Trinajstić information content (AvgIpc) is 3.35. The first-order valence-corrected chi connectivity index (χ1v) is 12.4. The lowest BCUT2D eigenvalue weighted by Crippen LogP contribution is -2.29. The van der Waals surface area contributed by atoms with Crippen LogP contribution in [0, 0.1) is 24.1 Å². The lowest BCUT2D eigenvalue weighted by atomic mass is 9.99. The molecule has 2 aromatic heterocycles. The summed E-state index contributed by atoms with van der Waals surface area (Å²) in [5.41, 5.74) is 5.94. The lowest BCUT2D eigenvalue weighted by Gasteiger charge is -2.17. The van der Waals surface area contributed by atoms with Gasteiger partial charge in [-0.05, 0) is 72.0 Å². The van der Waals surface area contributed by atoms with E-state index in [-0.39, 0.29) is 13.0 Å². The number of aliphatic carboxylic acids is 1. The molecule has 2 heterocycles. The van der Waals surface area contributed by atoms with Crippen molar-refractivity contribution in [3.05, 3.63) is 105 Å². The first-order valence-electron chi connectivity index (χ1n) is 12.4. The van der Waals surface area contributed by atoms with E-state index >= 15 is 0 Å². The van der Waals surface area contributed by atoms with E-state index < -0.39 is 23.5 Å². The number of carboxylic acid groups (broad SMARTS) is 1. The number of carboxylic acids is 1. The van der Waals surface area contributed by atoms with Gasteiger partial charge in [-0.3, -0.25) is 13.9 Å². The van der Waals surface area contributed by atoms with Crippen molar-refractivity contribution in [3.63, 3.8) is 0 Å². The van der Waals surface area contributed by atoms with E-state index in [9.17, 15) is 24.3 Å². The fourth-order valence-electron chi connectivity index (χ4n) is 5.52. The van der Waals surface area contributed by atoms with Gasteiger partial charge in [0, 0.05) is 24.1 Å². The number of halogens is 1. The molecule has 1 atom stereocenters. The lowest BCUT2D eigenvalue weighted by molar-refractivity contribution is -0.137. The Bertz CT molecular complexity index is 1800. The number of aromatic nitrogens is 3. The molecule has 0 amide bonds. The number of imidazole rings is 1. The number of benzene rings is 3. The van der Waals surface area contributed by atoms with Crippen LogP contribution in [0.3, 0.4) is 0 Å². The van der Waals surface area contributed by atoms with Crippen LogP contribution in [-0.4, -0.2) is 24.8 Å². The first kappa shape index (κ1) is 25.0. The molecule has 0 saturated heterocycles. The van der Waals surface area contributed by atoms with Gasteiger partial charge < -0.3 is 9.67 Å². The number of carbonyl (C=O) groups is 1. The molecule has 0 fully saturated rings. The van der Waals surface area contributed by atoms with Gasteiger partial charge >= 0.3 is 11.7 Å². The molecule has 0 spiro atoms. The Hall–Kier alpha value is -4.64. The average molecular weight is 511 g/mol. The largest absolute Gasteiger partial charge is 0.481 e. The number of rotatable bonds is 7. The van der Waals surface area contributed by atoms with E-state index in [0.717, 1.165) is 22.9 Å². The molecule has 0 aliphatic carbocycles. The smallest absolute Gasteiger partial charge is 0.330 e. The van der Waals surface area contributed by atoms with Crippen molar-refractivity contribution >= 4 is 27.9 Å². The molecule has 1 N–H and O–H groups in total. The van der Waals surface area contributed by atoms with E-state index in [0.29, 0.717) is 22.2 Å². The molecule has 7 nitrogen and oxygen atoms in total. The van der Waals surface area contributed by atoms with Gasteiger partial charge in [0.1, 0.15) is 5.82 Å². The molecule has 0 bridgehead atoms. The summed E-state index contributed by atoms with van der Waals surface area (Å²) in [7, 11) is 1.98. The van der Waals surface area contributed by atoms with E-state index in [1.807, 2.05) is 17.8 Å². The minimum absolute atomic E-state index is 0.269. The fourth-order valence-corrected chi connectivity index (χ4v) is 5.52. The van der Waals surface area contributed by atoms with Crippen molar-refractivity contribution in [2.45, 2.75) is 39.3 Å². The molecular formula is C30H27FN4O3. The van der Waals surface area contributed by atoms with Crippen molar-refractivity contribution in [2.75, 3.05) is 0 Å². The highest BCUT2D eigenvalue weighted by Gasteiger charge is 2.26. The van der Waals surface area contributed by atoms with Gasteiger partial charge in [0.2, 0.25) is 0 Å². The normalized spacial score (nSPS) is 12.2. The van der Waals surface area contributed by atoms with E-state index in [2.05, 4.69) is 32.0 Å². The highest BCUT2D eigenvalue weighted by Crippen LogP contribution is 2.31. The summed E-state index contributed by atoms with van der Waals surface area (Å²) in [4.78, 5) is 26.0. The molecule has 0 aliphatic heterocycles. The summed E-state index contributed by atoms with van der Waals surface area (Å²) in [5.74, 6) is -1.55. The quantitative estimate of drug-likeness (QED) is 0.322. The Labute approximate surface area is 218 Å². The third kappa shape index (κ3) is 4.16. The molecule has 5 aromatic rings. The van der Waals surface area contributed by atoms with Crippen molar-refractivity contribution in [1.29, 1.82) is 5.26 Å². The molecule has 0 saturated carbocycles. The summed E-state index contributed by atoms with van der Waals surface area (Å²) in [6, 6.07) is 15.9. The number of nitriles is 1. The summed E-state index contributed by atoms with van der Waals surface area (Å²) in [5, 5.41) is 20.4. The van der Waals surface area contributed by atoms with Crippen LogP contribution in [0.5, 0.6) is 0 Å². The van der Waals surface area contributed by atoms with Crippen molar-refractivity contribution in [3.8, 4) is 6.07 Å². The van der Waals surface area contributed by atoms with Crippen LogP contribution in [0.25, 0.3) is 21.9 Å². The zero-order valence-electron chi connectivity index (χ0n) is 21.4. The predicted octanol–water partition coefficient (Wildman–Crippen LogP) is 5.29. The summed E-state index contributed by atoms with van der Waals surface area (Å²) in [6.45, 7) is 4.46. The minimum Gasteiger partial charge on any atom is -0.481 e. The second-order valence-corrected chi connectivity index (χ2v) is 9.59. The molecule has 192 valence electrons. The number of hydrogen-bond donors (Lipinski definition) is 1. The van der Waals surface area contributed by atoms with Crippen LogP contribution in [0.4, 0.5) is 4.39 Å². The number of hydrogen-bond acceptors (Lipinski definition) is 3. The molecular weight excluding hydrogens is 483 g/mol. The SMILES string of the molecule is CCc1c(C)ccc2c1c(Cn1c(=O)n([C@H](CC(=O)O)c3ccc(F)cc3)c3cc(C#N)ccc31)cn2C. The molecule has 0 radical (unpaired) electrons. The Morgan fingerprint density at radius 2 is 1.79 bits per heavy atom. The van der Waals surface area contributed by atoms with Gasteiger partial charge in [-0.25, -0.2) is 9.18 Å². The van der Waals surface area contributed by atoms with Crippen LogP contribution < -0.4 is 5.69 Å². The Morgan fingerprint density at radius 3 is 2.45 bits per heavy atom. The topological polar surface area (TPSA) is 93.0 Å². The molecule has 5 rings (SSSR count). The maximum atomic E-state index is 14.1. The third-order valence-corrected chi connectivity index (χ3v) is 7.28. The standard InChI is InChI=1S/C30H27FN4O3/c1-4-23-18(2)5-11-25-29(23)21(16-33(25)3)17-34-24-12-6-19(15-32)13-27(24)35(30(34)38)26(14-28(36)37)20-7-9-22(31)10-8-20/h5-13,16,26H,4,14,17H2,1-3H3,(H,36,37)/t26-/m1/s1. The van der Waals surface area contributed by atoms with E-state index in [4.69, 9.17) is 0 Å². The van der Waals surface area contributed by atoms with Gasteiger partial charge in [0.05, 0.1) is 41.7 Å². The van der Waals surface area contributed by atoms with Crippen LogP contribution in [0.15, 0.2) is 65.6 Å². The van der Waals surface area contributed by atoms with Crippen molar-refractivity contribution in [1.82, 2.24) is 13.7 Å². The van der Waals surface area contributed by atoms with E-state index in [1.54, 1.807) is 22.8 Å². The zero-order valence-corrected chi connectivity index (χ0v) is 21.4. The summed E-state index contributed by atoms with van der Waals surface area (Å²) in [6.07, 6.45) is 2.49. The van der Waals surface area contributed by atoms with Gasteiger partial charge in [-0.1, -0.05) is 25.1 Å². The van der Waals surface area contributed by atoms with Gasteiger partial charge in [0.15, 0.2) is 0 Å². The maximum absolute atomic E-state index is 14.1. The molecule has 3 aromatic carbocycles. The predicted molar refractivity (Wildman–Crippen MR) is 144 cm³/mol. The summed E-state index contributed by atoms with van der Waals surface area (Å²) < 4.78 is 18.8. The molecule has 0 unspecified atom stereocenters. The monoisotopic (exact) mass is 510 g/mol. The van der Waals surface area contributed by atoms with Crippen molar-refractivity contribution in [2.24, 2.45) is 7.05 Å². The highest BCUT2D eigenvalue weighted by molar-refractivity contribution is 5.89.